The minimum Gasteiger partial charge on any atom is -0.461 e. The number of carbonyl (C=O) groups excluding carboxylic acids is 4. The molecule has 0 aromatic heterocycles. The predicted molar refractivity (Wildman–Crippen MR) is 152 cm³/mol. The summed E-state index contributed by atoms with van der Waals surface area (Å²) in [6, 6.07) is 18.1. The van der Waals surface area contributed by atoms with E-state index in [0.29, 0.717) is 57.8 Å². The molecule has 1 aliphatic carbocycles. The molecule has 0 aliphatic heterocycles. The summed E-state index contributed by atoms with van der Waals surface area (Å²) in [4.78, 5) is 49.6. The Hall–Kier alpha value is -3.52. The number of unbranched alkanes of at least 4 members (excludes halogenated alkanes) is 1. The van der Waals surface area contributed by atoms with Crippen molar-refractivity contribution < 1.29 is 28.7 Å². The highest BCUT2D eigenvalue weighted by Crippen LogP contribution is 2.25. The molecule has 0 spiro atoms. The summed E-state index contributed by atoms with van der Waals surface area (Å²) in [7, 11) is 1.75. The van der Waals surface area contributed by atoms with E-state index >= 15 is 0 Å². The summed E-state index contributed by atoms with van der Waals surface area (Å²) >= 11 is 0. The number of ketones is 1. The monoisotopic (exact) mass is 550 g/mol. The number of carbonyl (C=O) groups is 4. The van der Waals surface area contributed by atoms with Crippen LogP contribution in [0.5, 0.6) is 0 Å². The first-order valence-corrected chi connectivity index (χ1v) is 14.3. The number of rotatable bonds is 15. The maximum Gasteiger partial charge on any atom is 0.329 e. The highest BCUT2D eigenvalue weighted by molar-refractivity contribution is 5.85. The van der Waals surface area contributed by atoms with Gasteiger partial charge in [0, 0.05) is 19.3 Å². The zero-order chi connectivity index (χ0) is 28.7. The van der Waals surface area contributed by atoms with Crippen molar-refractivity contribution >= 4 is 23.6 Å². The summed E-state index contributed by atoms with van der Waals surface area (Å²) in [5, 5.41) is 5.89. The van der Waals surface area contributed by atoms with Crippen molar-refractivity contribution in [1.29, 1.82) is 0 Å². The van der Waals surface area contributed by atoms with Crippen LogP contribution >= 0.6 is 0 Å². The van der Waals surface area contributed by atoms with E-state index in [1.165, 1.54) is 6.92 Å². The fourth-order valence-electron chi connectivity index (χ4n) is 4.88. The number of nitrogens with one attached hydrogen (secondary N) is 2. The van der Waals surface area contributed by atoms with Gasteiger partial charge in [-0.1, -0.05) is 60.7 Å². The third kappa shape index (κ3) is 10.9. The molecule has 40 heavy (non-hydrogen) atoms. The molecule has 1 aliphatic rings. The lowest BCUT2D eigenvalue weighted by molar-refractivity contribution is -0.161. The van der Waals surface area contributed by atoms with E-state index in [9.17, 15) is 19.2 Å². The van der Waals surface area contributed by atoms with E-state index in [1.807, 2.05) is 60.7 Å². The maximum absolute atomic E-state index is 13.2. The zero-order valence-electron chi connectivity index (χ0n) is 23.6. The largest absolute Gasteiger partial charge is 0.461 e. The smallest absolute Gasteiger partial charge is 0.329 e. The SMILES string of the molecule is CNC(Cc1ccccc1)C(=O)OC1CCC(OC(=O)C(Cc2ccccc2)NC(=O)CCCCC(C)=O)CC1. The van der Waals surface area contributed by atoms with Gasteiger partial charge < -0.3 is 24.9 Å². The first-order chi connectivity index (χ1) is 19.3. The number of hydrogen-bond acceptors (Lipinski definition) is 7. The van der Waals surface area contributed by atoms with Crippen LogP contribution < -0.4 is 10.6 Å². The minimum atomic E-state index is -0.798. The van der Waals surface area contributed by atoms with Gasteiger partial charge in [0.25, 0.3) is 0 Å². The van der Waals surface area contributed by atoms with Gasteiger partial charge in [-0.3, -0.25) is 9.59 Å². The fraction of sp³-hybridized carbons (Fsp3) is 0.500. The average Bonchev–Trinajstić information content (AvgIpc) is 2.95. The number of likely N-dealkylation sites (N-methyl/N-ethyl adjacent to an activating group) is 1. The van der Waals surface area contributed by atoms with E-state index in [0.717, 1.165) is 11.1 Å². The molecule has 8 heteroatoms. The van der Waals surface area contributed by atoms with Crippen LogP contribution in [0.1, 0.15) is 69.4 Å². The molecule has 1 fully saturated rings. The first-order valence-electron chi connectivity index (χ1n) is 14.3. The Bertz CT molecular complexity index is 1080. The Balaban J connectivity index is 1.48. The van der Waals surface area contributed by atoms with Crippen LogP contribution in [0.2, 0.25) is 0 Å². The lowest BCUT2D eigenvalue weighted by Gasteiger charge is -2.30. The maximum atomic E-state index is 13.2. The molecule has 8 nitrogen and oxygen atoms in total. The second kappa shape index (κ2) is 16.6. The summed E-state index contributed by atoms with van der Waals surface area (Å²) < 4.78 is 11.6. The molecule has 1 saturated carbocycles. The topological polar surface area (TPSA) is 111 Å². The summed E-state index contributed by atoms with van der Waals surface area (Å²) in [6.07, 6.45) is 4.69. The third-order valence-electron chi connectivity index (χ3n) is 7.19. The van der Waals surface area contributed by atoms with Gasteiger partial charge in [0.05, 0.1) is 0 Å². The molecule has 216 valence electrons. The molecule has 3 rings (SSSR count). The predicted octanol–water partition coefficient (Wildman–Crippen LogP) is 4.09. The van der Waals surface area contributed by atoms with Crippen LogP contribution in [0, 0.1) is 0 Å². The van der Waals surface area contributed by atoms with Crippen molar-refractivity contribution in [1.82, 2.24) is 10.6 Å². The number of Topliss-reactive ketones (excluding diaryl/α,β-unsaturated/α-hetero) is 1. The van der Waals surface area contributed by atoms with Crippen LogP contribution in [0.15, 0.2) is 60.7 Å². The van der Waals surface area contributed by atoms with Gasteiger partial charge in [-0.15, -0.1) is 0 Å². The standard InChI is InChI=1S/C32H42N2O6/c1-23(35)11-9-10-16-30(36)34-29(22-25-14-7-4-8-15-25)32(38)40-27-19-17-26(18-20-27)39-31(37)28(33-2)21-24-12-5-3-6-13-24/h3-8,12-15,26-29,33H,9-11,16-22H2,1-2H3,(H,34,36). The number of amides is 1. The molecular weight excluding hydrogens is 508 g/mol. The van der Waals surface area contributed by atoms with Crippen molar-refractivity contribution in [3.63, 3.8) is 0 Å². The summed E-state index contributed by atoms with van der Waals surface area (Å²) in [5.74, 6) is -0.865. The third-order valence-corrected chi connectivity index (χ3v) is 7.19. The Morgan fingerprint density at radius 1 is 0.725 bits per heavy atom. The molecular formula is C32H42N2O6. The Morgan fingerprint density at radius 3 is 1.65 bits per heavy atom. The van der Waals surface area contributed by atoms with Crippen molar-refractivity contribution in [2.24, 2.45) is 0 Å². The van der Waals surface area contributed by atoms with Crippen molar-refractivity contribution in [2.45, 2.75) is 95.4 Å². The van der Waals surface area contributed by atoms with Gasteiger partial charge in [-0.05, 0) is 70.0 Å². The first kappa shape index (κ1) is 31.0. The molecule has 0 bridgehead atoms. The molecule has 1 amide bonds. The summed E-state index contributed by atoms with van der Waals surface area (Å²) in [5.41, 5.74) is 1.98. The van der Waals surface area contributed by atoms with Crippen molar-refractivity contribution in [3.05, 3.63) is 71.8 Å². The Labute approximate surface area is 237 Å². The number of hydrogen-bond donors (Lipinski definition) is 2. The van der Waals surface area contributed by atoms with Crippen molar-refractivity contribution in [3.8, 4) is 0 Å². The van der Waals surface area contributed by atoms with E-state index in [1.54, 1.807) is 7.05 Å². The van der Waals surface area contributed by atoms with E-state index < -0.39 is 18.1 Å². The van der Waals surface area contributed by atoms with E-state index in [-0.39, 0.29) is 36.3 Å². The Kier molecular flexibility index (Phi) is 12.8. The lowest BCUT2D eigenvalue weighted by Crippen LogP contribution is -2.45. The molecule has 0 heterocycles. The molecule has 2 aromatic carbocycles. The minimum absolute atomic E-state index is 0.101. The van der Waals surface area contributed by atoms with Gasteiger partial charge in [0.15, 0.2) is 0 Å². The molecule has 0 radical (unpaired) electrons. The second-order valence-corrected chi connectivity index (χ2v) is 10.5. The molecule has 2 atom stereocenters. The van der Waals surface area contributed by atoms with Crippen LogP contribution in [0.25, 0.3) is 0 Å². The van der Waals surface area contributed by atoms with Crippen LogP contribution in [0.4, 0.5) is 0 Å². The molecule has 2 aromatic rings. The molecule has 0 saturated heterocycles. The van der Waals surface area contributed by atoms with Crippen LogP contribution in [-0.4, -0.2) is 55.0 Å². The van der Waals surface area contributed by atoms with Gasteiger partial charge in [-0.2, -0.15) is 0 Å². The number of benzene rings is 2. The highest BCUT2D eigenvalue weighted by Gasteiger charge is 2.31. The van der Waals surface area contributed by atoms with E-state index in [4.69, 9.17) is 9.47 Å². The van der Waals surface area contributed by atoms with Gasteiger partial charge in [0.1, 0.15) is 30.1 Å². The summed E-state index contributed by atoms with van der Waals surface area (Å²) in [6.45, 7) is 1.54. The zero-order valence-corrected chi connectivity index (χ0v) is 23.6. The molecule has 2 N–H and O–H groups in total. The fourth-order valence-corrected chi connectivity index (χ4v) is 4.88. The number of ether oxygens (including phenoxy) is 2. The average molecular weight is 551 g/mol. The van der Waals surface area contributed by atoms with Gasteiger partial charge in [0.2, 0.25) is 5.91 Å². The molecule has 2 unspecified atom stereocenters. The van der Waals surface area contributed by atoms with Gasteiger partial charge >= 0.3 is 11.9 Å². The van der Waals surface area contributed by atoms with Crippen LogP contribution in [-0.2, 0) is 41.5 Å². The van der Waals surface area contributed by atoms with Crippen molar-refractivity contribution in [2.75, 3.05) is 7.05 Å². The lowest BCUT2D eigenvalue weighted by atomic mass is 9.94. The number of esters is 2. The highest BCUT2D eigenvalue weighted by atomic mass is 16.6. The van der Waals surface area contributed by atoms with E-state index in [2.05, 4.69) is 10.6 Å². The quantitative estimate of drug-likeness (QED) is 0.254. The van der Waals surface area contributed by atoms with Crippen LogP contribution in [0.3, 0.4) is 0 Å². The second-order valence-electron chi connectivity index (χ2n) is 10.5. The van der Waals surface area contributed by atoms with Gasteiger partial charge in [-0.25, -0.2) is 4.79 Å². The normalized spacial score (nSPS) is 18.2. The Morgan fingerprint density at radius 2 is 1.18 bits per heavy atom.